The van der Waals surface area contributed by atoms with Crippen molar-refractivity contribution in [3.8, 4) is 0 Å². The topological polar surface area (TPSA) is 28.2 Å². The van der Waals surface area contributed by atoms with Crippen LogP contribution in [0.5, 0.6) is 0 Å². The molecule has 3 nitrogen and oxygen atoms in total. The minimum atomic E-state index is 0.864. The second-order valence-corrected chi connectivity index (χ2v) is 5.98. The third-order valence-electron chi connectivity index (χ3n) is 3.69. The molecular formula is C16H21N3S. The highest BCUT2D eigenvalue weighted by molar-refractivity contribution is 7.13. The molecule has 20 heavy (non-hydrogen) atoms. The zero-order valence-electron chi connectivity index (χ0n) is 11.9. The van der Waals surface area contributed by atoms with Gasteiger partial charge in [0.2, 0.25) is 0 Å². The number of benzene rings is 1. The Hall–Kier alpha value is -1.39. The van der Waals surface area contributed by atoms with Gasteiger partial charge in [-0.05, 0) is 37.4 Å². The summed E-state index contributed by atoms with van der Waals surface area (Å²) in [7, 11) is 0. The van der Waals surface area contributed by atoms with Gasteiger partial charge in [-0.25, -0.2) is 4.98 Å². The van der Waals surface area contributed by atoms with Crippen molar-refractivity contribution in [2.75, 3.05) is 18.0 Å². The Morgan fingerprint density at radius 2 is 2.20 bits per heavy atom. The Morgan fingerprint density at radius 3 is 3.10 bits per heavy atom. The number of rotatable bonds is 4. The van der Waals surface area contributed by atoms with E-state index < -0.39 is 0 Å². The summed E-state index contributed by atoms with van der Waals surface area (Å²) in [6, 6.07) is 8.75. The van der Waals surface area contributed by atoms with E-state index in [0.717, 1.165) is 30.5 Å². The Bertz CT molecular complexity index is 564. The number of hydrogen-bond donors (Lipinski definition) is 1. The van der Waals surface area contributed by atoms with E-state index in [-0.39, 0.29) is 0 Å². The maximum absolute atomic E-state index is 4.79. The van der Waals surface area contributed by atoms with Crippen LogP contribution in [0.4, 0.5) is 10.8 Å². The van der Waals surface area contributed by atoms with E-state index in [0.29, 0.717) is 0 Å². The van der Waals surface area contributed by atoms with Gasteiger partial charge in [-0.1, -0.05) is 25.1 Å². The van der Waals surface area contributed by atoms with E-state index >= 15 is 0 Å². The van der Waals surface area contributed by atoms with Crippen LogP contribution >= 0.6 is 11.3 Å². The molecule has 0 fully saturated rings. The molecule has 106 valence electrons. The quantitative estimate of drug-likeness (QED) is 0.929. The number of aryl methyl sites for hydroxylation is 1. The minimum Gasteiger partial charge on any atom is -0.318 e. The Kier molecular flexibility index (Phi) is 4.33. The molecule has 2 heterocycles. The first-order valence-corrected chi connectivity index (χ1v) is 8.27. The summed E-state index contributed by atoms with van der Waals surface area (Å²) >= 11 is 1.75. The van der Waals surface area contributed by atoms with Crippen LogP contribution in [0.1, 0.15) is 31.0 Å². The smallest absolute Gasteiger partial charge is 0.190 e. The molecule has 1 aromatic heterocycles. The standard InChI is InChI=1S/C16H21N3S/c1-2-17-11-14-12-20-16(18-14)19-10-6-5-8-13-7-3-4-9-15(13)19/h3-4,7,9,12,17H,2,5-6,8,10-11H2,1H3. The summed E-state index contributed by atoms with van der Waals surface area (Å²) in [4.78, 5) is 7.19. The molecular weight excluding hydrogens is 266 g/mol. The normalized spacial score (nSPS) is 14.9. The monoisotopic (exact) mass is 287 g/mol. The van der Waals surface area contributed by atoms with Crippen molar-refractivity contribution in [1.29, 1.82) is 0 Å². The lowest BCUT2D eigenvalue weighted by Crippen LogP contribution is -2.18. The second-order valence-electron chi connectivity index (χ2n) is 5.14. The van der Waals surface area contributed by atoms with E-state index in [9.17, 15) is 0 Å². The fraction of sp³-hybridized carbons (Fsp3) is 0.438. The number of nitrogens with zero attached hydrogens (tertiary/aromatic N) is 2. The largest absolute Gasteiger partial charge is 0.318 e. The third-order valence-corrected chi connectivity index (χ3v) is 4.60. The fourth-order valence-corrected chi connectivity index (χ4v) is 3.51. The summed E-state index contributed by atoms with van der Waals surface area (Å²) in [6.45, 7) is 5.05. The van der Waals surface area contributed by atoms with E-state index in [1.807, 2.05) is 0 Å². The van der Waals surface area contributed by atoms with Crippen molar-refractivity contribution in [3.05, 3.63) is 40.9 Å². The number of anilines is 2. The highest BCUT2D eigenvalue weighted by Gasteiger charge is 2.18. The van der Waals surface area contributed by atoms with Crippen LogP contribution in [0.2, 0.25) is 0 Å². The van der Waals surface area contributed by atoms with Crippen LogP contribution in [0.25, 0.3) is 0 Å². The molecule has 0 amide bonds. The van der Waals surface area contributed by atoms with Crippen LogP contribution in [0.15, 0.2) is 29.6 Å². The van der Waals surface area contributed by atoms with Crippen molar-refractivity contribution in [3.63, 3.8) is 0 Å². The number of fused-ring (bicyclic) bond motifs is 1. The molecule has 4 heteroatoms. The van der Waals surface area contributed by atoms with Gasteiger partial charge < -0.3 is 10.2 Å². The molecule has 0 atom stereocenters. The Labute approximate surface area is 124 Å². The zero-order valence-corrected chi connectivity index (χ0v) is 12.7. The maximum Gasteiger partial charge on any atom is 0.190 e. The number of aromatic nitrogens is 1. The van der Waals surface area contributed by atoms with Gasteiger partial charge in [0, 0.05) is 24.2 Å². The average molecular weight is 287 g/mol. The second kappa shape index (κ2) is 6.37. The zero-order chi connectivity index (χ0) is 13.8. The van der Waals surface area contributed by atoms with Crippen LogP contribution in [0.3, 0.4) is 0 Å². The van der Waals surface area contributed by atoms with Crippen LogP contribution < -0.4 is 10.2 Å². The molecule has 3 rings (SSSR count). The van der Waals surface area contributed by atoms with E-state index in [1.54, 1.807) is 11.3 Å². The van der Waals surface area contributed by atoms with Gasteiger partial charge in [-0.15, -0.1) is 11.3 Å². The van der Waals surface area contributed by atoms with Crippen molar-refractivity contribution in [2.24, 2.45) is 0 Å². The molecule has 0 aliphatic carbocycles. The van der Waals surface area contributed by atoms with Crippen molar-refractivity contribution in [1.82, 2.24) is 10.3 Å². The highest BCUT2D eigenvalue weighted by atomic mass is 32.1. The summed E-state index contributed by atoms with van der Waals surface area (Å²) < 4.78 is 0. The summed E-state index contributed by atoms with van der Waals surface area (Å²) in [5.41, 5.74) is 3.94. The number of nitrogens with one attached hydrogen (secondary N) is 1. The first-order chi connectivity index (χ1) is 9.88. The number of para-hydroxylation sites is 1. The van der Waals surface area contributed by atoms with Crippen LogP contribution in [-0.2, 0) is 13.0 Å². The van der Waals surface area contributed by atoms with Crippen molar-refractivity contribution in [2.45, 2.75) is 32.7 Å². The maximum atomic E-state index is 4.79. The summed E-state index contributed by atoms with van der Waals surface area (Å²) in [5.74, 6) is 0. The Morgan fingerprint density at radius 1 is 1.30 bits per heavy atom. The average Bonchev–Trinajstić information content (AvgIpc) is 2.84. The molecule has 1 aromatic carbocycles. The molecule has 0 saturated heterocycles. The molecule has 0 bridgehead atoms. The lowest BCUT2D eigenvalue weighted by Gasteiger charge is -2.21. The van der Waals surface area contributed by atoms with Gasteiger partial charge in [-0.2, -0.15) is 0 Å². The lowest BCUT2D eigenvalue weighted by atomic mass is 10.1. The van der Waals surface area contributed by atoms with Crippen molar-refractivity contribution >= 4 is 22.2 Å². The molecule has 0 radical (unpaired) electrons. The predicted molar refractivity (Wildman–Crippen MR) is 85.9 cm³/mol. The fourth-order valence-electron chi connectivity index (χ4n) is 2.64. The molecule has 0 unspecified atom stereocenters. The molecule has 1 aliphatic rings. The van der Waals surface area contributed by atoms with Gasteiger partial charge in [0.15, 0.2) is 5.13 Å². The van der Waals surface area contributed by atoms with Gasteiger partial charge in [0.25, 0.3) is 0 Å². The van der Waals surface area contributed by atoms with Crippen LogP contribution in [-0.4, -0.2) is 18.1 Å². The highest BCUT2D eigenvalue weighted by Crippen LogP contribution is 2.34. The van der Waals surface area contributed by atoms with E-state index in [1.165, 1.54) is 30.5 Å². The van der Waals surface area contributed by atoms with E-state index in [2.05, 4.69) is 46.8 Å². The number of hydrogen-bond acceptors (Lipinski definition) is 4. The minimum absolute atomic E-state index is 0.864. The SMILES string of the molecule is CCNCc1csc(N2CCCCc3ccccc32)n1. The summed E-state index contributed by atoms with van der Waals surface area (Å²) in [6.07, 6.45) is 3.68. The van der Waals surface area contributed by atoms with Crippen LogP contribution in [0, 0.1) is 0 Å². The lowest BCUT2D eigenvalue weighted by molar-refractivity contribution is 0.712. The molecule has 0 spiro atoms. The molecule has 0 saturated carbocycles. The molecule has 2 aromatic rings. The number of thiazole rings is 1. The van der Waals surface area contributed by atoms with Gasteiger partial charge >= 0.3 is 0 Å². The van der Waals surface area contributed by atoms with Crippen molar-refractivity contribution < 1.29 is 0 Å². The van der Waals surface area contributed by atoms with Gasteiger partial charge in [-0.3, -0.25) is 0 Å². The molecule has 1 N–H and O–H groups in total. The summed E-state index contributed by atoms with van der Waals surface area (Å²) in [5, 5.41) is 6.64. The first kappa shape index (κ1) is 13.6. The Balaban J connectivity index is 1.87. The molecule has 1 aliphatic heterocycles. The van der Waals surface area contributed by atoms with E-state index in [4.69, 9.17) is 4.98 Å². The van der Waals surface area contributed by atoms with Gasteiger partial charge in [0.1, 0.15) is 0 Å². The third kappa shape index (κ3) is 2.86. The first-order valence-electron chi connectivity index (χ1n) is 7.39. The van der Waals surface area contributed by atoms with Gasteiger partial charge in [0.05, 0.1) is 5.69 Å². The predicted octanol–water partition coefficient (Wildman–Crippen LogP) is 3.73.